The molecule has 2 heterocycles. The number of aromatic nitrogens is 2. The molecule has 1 amide bonds. The van der Waals surface area contributed by atoms with Crippen LogP contribution in [0.3, 0.4) is 0 Å². The number of amides is 1. The molecule has 0 spiro atoms. The van der Waals surface area contributed by atoms with E-state index in [9.17, 15) is 4.79 Å². The summed E-state index contributed by atoms with van der Waals surface area (Å²) in [7, 11) is 1.64. The lowest BCUT2D eigenvalue weighted by atomic mass is 10.1. The van der Waals surface area contributed by atoms with Gasteiger partial charge in [0.1, 0.15) is 6.61 Å². The molecule has 0 radical (unpaired) electrons. The van der Waals surface area contributed by atoms with Gasteiger partial charge in [0.15, 0.2) is 11.5 Å². The second-order valence-corrected chi connectivity index (χ2v) is 7.25. The van der Waals surface area contributed by atoms with Crippen molar-refractivity contribution in [3.8, 4) is 11.5 Å². The van der Waals surface area contributed by atoms with Gasteiger partial charge in [0.05, 0.1) is 12.8 Å². The third-order valence-corrected chi connectivity index (χ3v) is 5.12. The number of rotatable bonds is 7. The minimum atomic E-state index is -0.606. The molecule has 0 atom stereocenters. The molecule has 30 heavy (non-hydrogen) atoms. The van der Waals surface area contributed by atoms with E-state index in [4.69, 9.17) is 15.2 Å². The van der Waals surface area contributed by atoms with Crippen LogP contribution in [-0.2, 0) is 26.1 Å². The van der Waals surface area contributed by atoms with E-state index in [1.54, 1.807) is 13.3 Å². The van der Waals surface area contributed by atoms with E-state index in [0.717, 1.165) is 47.6 Å². The summed E-state index contributed by atoms with van der Waals surface area (Å²) in [6, 6.07) is 16.0. The summed E-state index contributed by atoms with van der Waals surface area (Å²) < 4.78 is 11.5. The number of primary amides is 1. The zero-order valence-corrected chi connectivity index (χ0v) is 16.9. The highest BCUT2D eigenvalue weighted by Crippen LogP contribution is 2.30. The van der Waals surface area contributed by atoms with Gasteiger partial charge in [0.2, 0.25) is 5.82 Å². The van der Waals surface area contributed by atoms with E-state index in [-0.39, 0.29) is 5.82 Å². The number of carbonyl (C=O) groups is 1. The maximum absolute atomic E-state index is 11.4. The highest BCUT2D eigenvalue weighted by atomic mass is 16.5. The molecule has 0 saturated carbocycles. The first-order valence-corrected chi connectivity index (χ1v) is 9.83. The lowest BCUT2D eigenvalue weighted by molar-refractivity contribution is 0.0989. The maximum Gasteiger partial charge on any atom is 0.286 e. The lowest BCUT2D eigenvalue weighted by Crippen LogP contribution is -2.32. The predicted molar refractivity (Wildman–Crippen MR) is 112 cm³/mol. The predicted octanol–water partition coefficient (Wildman–Crippen LogP) is 2.72. The summed E-state index contributed by atoms with van der Waals surface area (Å²) in [5, 5.41) is 0. The number of methoxy groups -OCH3 is 1. The molecule has 1 aliphatic rings. The van der Waals surface area contributed by atoms with Crippen LogP contribution in [0.1, 0.15) is 33.0 Å². The van der Waals surface area contributed by atoms with Crippen LogP contribution in [0.15, 0.2) is 54.7 Å². The van der Waals surface area contributed by atoms with E-state index in [1.165, 1.54) is 0 Å². The van der Waals surface area contributed by atoms with Crippen LogP contribution in [0.25, 0.3) is 0 Å². The molecule has 2 N–H and O–H groups in total. The van der Waals surface area contributed by atoms with Crippen molar-refractivity contribution in [3.05, 3.63) is 82.9 Å². The van der Waals surface area contributed by atoms with E-state index in [1.807, 2.05) is 48.5 Å². The topological polar surface area (TPSA) is 90.6 Å². The Morgan fingerprint density at radius 2 is 1.97 bits per heavy atom. The Morgan fingerprint density at radius 1 is 1.13 bits per heavy atom. The number of carbonyl (C=O) groups excluding carboxylic acids is 1. The van der Waals surface area contributed by atoms with E-state index < -0.39 is 5.91 Å². The van der Waals surface area contributed by atoms with Crippen molar-refractivity contribution in [2.24, 2.45) is 5.73 Å². The quantitative estimate of drug-likeness (QED) is 0.651. The van der Waals surface area contributed by atoms with Crippen molar-refractivity contribution in [2.45, 2.75) is 26.1 Å². The Morgan fingerprint density at radius 3 is 2.73 bits per heavy atom. The Balaban J connectivity index is 1.47. The third-order valence-electron chi connectivity index (χ3n) is 5.12. The van der Waals surface area contributed by atoms with E-state index in [0.29, 0.717) is 18.9 Å². The minimum Gasteiger partial charge on any atom is -0.493 e. The van der Waals surface area contributed by atoms with Crippen molar-refractivity contribution in [3.63, 3.8) is 0 Å². The molecule has 7 nitrogen and oxygen atoms in total. The molecule has 7 heteroatoms. The van der Waals surface area contributed by atoms with Crippen molar-refractivity contribution >= 4 is 5.91 Å². The van der Waals surface area contributed by atoms with Crippen LogP contribution in [0.2, 0.25) is 0 Å². The third kappa shape index (κ3) is 4.58. The number of nitrogens with two attached hydrogens (primary N) is 1. The molecule has 1 aliphatic heterocycles. The molecule has 3 aromatic rings. The zero-order chi connectivity index (χ0) is 20.9. The van der Waals surface area contributed by atoms with Gasteiger partial charge in [0.25, 0.3) is 5.91 Å². The fourth-order valence-corrected chi connectivity index (χ4v) is 3.54. The Labute approximate surface area is 175 Å². The molecule has 0 saturated heterocycles. The fraction of sp³-hybridized carbons (Fsp3) is 0.261. The first-order chi connectivity index (χ1) is 14.6. The highest BCUT2D eigenvalue weighted by molar-refractivity contribution is 5.88. The molecular formula is C23H24N4O3. The van der Waals surface area contributed by atoms with Crippen molar-refractivity contribution in [1.29, 1.82) is 0 Å². The summed E-state index contributed by atoms with van der Waals surface area (Å²) in [4.78, 5) is 22.0. The van der Waals surface area contributed by atoms with Crippen LogP contribution >= 0.6 is 0 Å². The number of hydrogen-bond donors (Lipinski definition) is 1. The summed E-state index contributed by atoms with van der Waals surface area (Å²) in [5.74, 6) is 0.883. The number of hydrogen-bond acceptors (Lipinski definition) is 6. The first-order valence-electron chi connectivity index (χ1n) is 9.83. The largest absolute Gasteiger partial charge is 0.493 e. The van der Waals surface area contributed by atoms with Gasteiger partial charge < -0.3 is 15.2 Å². The average molecular weight is 404 g/mol. The summed E-state index contributed by atoms with van der Waals surface area (Å²) in [5.41, 5.74) is 9.46. The number of nitrogens with zero attached hydrogens (tertiary/aromatic N) is 3. The summed E-state index contributed by atoms with van der Waals surface area (Å²) >= 11 is 0. The molecule has 0 aliphatic carbocycles. The number of ether oxygens (including phenoxy) is 2. The van der Waals surface area contributed by atoms with Crippen LogP contribution < -0.4 is 15.2 Å². The minimum absolute atomic E-state index is 0.0663. The van der Waals surface area contributed by atoms with Crippen LogP contribution in [0.5, 0.6) is 11.5 Å². The van der Waals surface area contributed by atoms with Gasteiger partial charge >= 0.3 is 0 Å². The zero-order valence-electron chi connectivity index (χ0n) is 16.9. The molecule has 1 aromatic heterocycles. The molecule has 0 bridgehead atoms. The van der Waals surface area contributed by atoms with Crippen molar-refractivity contribution in [1.82, 2.24) is 14.9 Å². The smallest absolute Gasteiger partial charge is 0.286 e. The highest BCUT2D eigenvalue weighted by Gasteiger charge is 2.20. The van der Waals surface area contributed by atoms with Crippen LogP contribution in [-0.4, -0.2) is 34.4 Å². The Bertz CT molecular complexity index is 1040. The van der Waals surface area contributed by atoms with Gasteiger partial charge in [-0.3, -0.25) is 9.69 Å². The van der Waals surface area contributed by atoms with Gasteiger partial charge in [-0.15, -0.1) is 0 Å². The van der Waals surface area contributed by atoms with Crippen LogP contribution in [0.4, 0.5) is 0 Å². The Kier molecular flexibility index (Phi) is 5.90. The van der Waals surface area contributed by atoms with Gasteiger partial charge in [-0.05, 0) is 35.2 Å². The number of fused-ring (bicyclic) bond motifs is 1. The van der Waals surface area contributed by atoms with Crippen molar-refractivity contribution in [2.75, 3.05) is 13.7 Å². The Hall–Kier alpha value is -3.45. The van der Waals surface area contributed by atoms with Gasteiger partial charge in [0, 0.05) is 25.8 Å². The van der Waals surface area contributed by atoms with Gasteiger partial charge in [-0.25, -0.2) is 9.97 Å². The standard InChI is InChI=1S/C23H24N4O3/c1-29-20-8-7-17(11-21(20)30-15-16-5-3-2-4-6-16)13-27-10-9-18-12-25-23(22(24)28)26-19(18)14-27/h2-8,11-12H,9-10,13-15H2,1H3,(H2,24,28). The average Bonchev–Trinajstić information content (AvgIpc) is 2.78. The normalized spacial score (nSPS) is 13.5. The van der Waals surface area contributed by atoms with E-state index >= 15 is 0 Å². The van der Waals surface area contributed by atoms with Crippen molar-refractivity contribution < 1.29 is 14.3 Å². The molecule has 2 aromatic carbocycles. The summed E-state index contributed by atoms with van der Waals surface area (Å²) in [6.45, 7) is 2.74. The lowest BCUT2D eigenvalue weighted by Gasteiger charge is -2.28. The monoisotopic (exact) mass is 404 g/mol. The second kappa shape index (κ2) is 8.92. The molecule has 4 rings (SSSR count). The van der Waals surface area contributed by atoms with Crippen LogP contribution in [0, 0.1) is 0 Å². The SMILES string of the molecule is COc1ccc(CN2CCc3cnc(C(N)=O)nc3C2)cc1OCc1ccccc1. The van der Waals surface area contributed by atoms with E-state index in [2.05, 4.69) is 14.9 Å². The first kappa shape index (κ1) is 19.8. The fourth-order valence-electron chi connectivity index (χ4n) is 3.54. The molecule has 0 unspecified atom stereocenters. The molecule has 0 fully saturated rings. The molecular weight excluding hydrogens is 380 g/mol. The second-order valence-electron chi connectivity index (χ2n) is 7.25. The number of benzene rings is 2. The van der Waals surface area contributed by atoms with Gasteiger partial charge in [-0.2, -0.15) is 0 Å². The van der Waals surface area contributed by atoms with Gasteiger partial charge in [-0.1, -0.05) is 36.4 Å². The molecule has 154 valence electrons. The summed E-state index contributed by atoms with van der Waals surface area (Å²) in [6.07, 6.45) is 2.55. The maximum atomic E-state index is 11.4.